The lowest BCUT2D eigenvalue weighted by molar-refractivity contribution is 0.300. The van der Waals surface area contributed by atoms with Gasteiger partial charge in [-0.25, -0.2) is 0 Å². The molecule has 1 aromatic rings. The van der Waals surface area contributed by atoms with Gasteiger partial charge in [0.15, 0.2) is 5.82 Å². The molecule has 0 bridgehead atoms. The molecule has 1 heterocycles. The molecule has 0 aliphatic heterocycles. The molecule has 1 unspecified atom stereocenters. The van der Waals surface area contributed by atoms with Crippen LogP contribution in [-0.4, -0.2) is 16.7 Å². The molecule has 4 heteroatoms. The molecule has 108 valence electrons. The monoisotopic (exact) mass is 265 g/mol. The largest absolute Gasteiger partial charge is 0.339 e. The van der Waals surface area contributed by atoms with Crippen molar-refractivity contribution in [2.45, 2.75) is 70.6 Å². The van der Waals surface area contributed by atoms with E-state index in [9.17, 15) is 0 Å². The summed E-state index contributed by atoms with van der Waals surface area (Å²) in [5.74, 6) is 3.30. The first-order valence-corrected chi connectivity index (χ1v) is 7.82. The van der Waals surface area contributed by atoms with Gasteiger partial charge in [-0.15, -0.1) is 0 Å². The fraction of sp³-hybridized carbons (Fsp3) is 0.867. The smallest absolute Gasteiger partial charge is 0.231 e. The second-order valence-corrected chi connectivity index (χ2v) is 5.84. The summed E-state index contributed by atoms with van der Waals surface area (Å²) in [5.41, 5.74) is 5.79. The van der Waals surface area contributed by atoms with Gasteiger partial charge in [0.2, 0.25) is 5.89 Å². The molecular weight excluding hydrogens is 238 g/mol. The zero-order chi connectivity index (χ0) is 13.7. The first-order valence-electron chi connectivity index (χ1n) is 7.82. The van der Waals surface area contributed by atoms with E-state index in [-0.39, 0.29) is 5.92 Å². The zero-order valence-corrected chi connectivity index (χ0v) is 12.3. The third-order valence-corrected chi connectivity index (χ3v) is 4.52. The van der Waals surface area contributed by atoms with Crippen LogP contribution in [0.5, 0.6) is 0 Å². The molecule has 1 atom stereocenters. The predicted molar refractivity (Wildman–Crippen MR) is 76.0 cm³/mol. The molecule has 0 radical (unpaired) electrons. The van der Waals surface area contributed by atoms with Crippen molar-refractivity contribution in [3.8, 4) is 0 Å². The van der Waals surface area contributed by atoms with Crippen LogP contribution in [0.4, 0.5) is 0 Å². The van der Waals surface area contributed by atoms with Gasteiger partial charge in [-0.3, -0.25) is 0 Å². The molecule has 2 rings (SSSR count). The highest BCUT2D eigenvalue weighted by Gasteiger charge is 2.26. The van der Waals surface area contributed by atoms with Crippen LogP contribution >= 0.6 is 0 Å². The first-order chi connectivity index (χ1) is 9.28. The number of hydrogen-bond donors (Lipinski definition) is 1. The molecule has 0 saturated heterocycles. The van der Waals surface area contributed by atoms with Crippen LogP contribution in [0.3, 0.4) is 0 Å². The second-order valence-electron chi connectivity index (χ2n) is 5.84. The van der Waals surface area contributed by atoms with Gasteiger partial charge in [-0.2, -0.15) is 4.98 Å². The summed E-state index contributed by atoms with van der Waals surface area (Å²) in [6.45, 7) is 5.04. The first kappa shape index (κ1) is 14.5. The second kappa shape index (κ2) is 7.04. The summed E-state index contributed by atoms with van der Waals surface area (Å²) in [6.07, 6.45) is 8.45. The summed E-state index contributed by atoms with van der Waals surface area (Å²) in [5, 5.41) is 4.20. The average Bonchev–Trinajstić information content (AvgIpc) is 2.94. The van der Waals surface area contributed by atoms with E-state index in [0.29, 0.717) is 12.5 Å². The maximum absolute atomic E-state index is 5.79. The minimum Gasteiger partial charge on any atom is -0.339 e. The Bertz CT molecular complexity index is 369. The van der Waals surface area contributed by atoms with Gasteiger partial charge < -0.3 is 10.3 Å². The Morgan fingerprint density at radius 2 is 2.00 bits per heavy atom. The third kappa shape index (κ3) is 3.56. The predicted octanol–water partition coefficient (Wildman–Crippen LogP) is 3.60. The molecule has 1 aliphatic carbocycles. The topological polar surface area (TPSA) is 64.9 Å². The Morgan fingerprint density at radius 1 is 1.26 bits per heavy atom. The minimum absolute atomic E-state index is 0.234. The van der Waals surface area contributed by atoms with Crippen LogP contribution in [0.1, 0.15) is 82.3 Å². The van der Waals surface area contributed by atoms with Gasteiger partial charge in [0.1, 0.15) is 0 Å². The maximum atomic E-state index is 5.79. The van der Waals surface area contributed by atoms with Gasteiger partial charge >= 0.3 is 0 Å². The lowest BCUT2D eigenvalue weighted by atomic mass is 9.80. The summed E-state index contributed by atoms with van der Waals surface area (Å²) in [4.78, 5) is 4.62. The van der Waals surface area contributed by atoms with E-state index < -0.39 is 0 Å². The van der Waals surface area contributed by atoms with Crippen molar-refractivity contribution < 1.29 is 4.52 Å². The Labute approximate surface area is 116 Å². The lowest BCUT2D eigenvalue weighted by Crippen LogP contribution is -2.15. The summed E-state index contributed by atoms with van der Waals surface area (Å²) < 4.78 is 5.44. The van der Waals surface area contributed by atoms with Gasteiger partial charge in [0, 0.05) is 12.5 Å². The highest BCUT2D eigenvalue weighted by atomic mass is 16.5. The van der Waals surface area contributed by atoms with E-state index in [4.69, 9.17) is 10.3 Å². The van der Waals surface area contributed by atoms with E-state index in [1.807, 2.05) is 0 Å². The van der Waals surface area contributed by atoms with Crippen molar-refractivity contribution >= 4 is 0 Å². The van der Waals surface area contributed by atoms with Crippen LogP contribution in [0.2, 0.25) is 0 Å². The molecular formula is C15H27N3O. The van der Waals surface area contributed by atoms with E-state index in [1.54, 1.807) is 0 Å². The SMILES string of the molecule is CCCC(CN)c1nc(C2CCC(CC)CC2)no1. The van der Waals surface area contributed by atoms with Gasteiger partial charge in [-0.05, 0) is 38.0 Å². The normalized spacial score (nSPS) is 25.4. The average molecular weight is 265 g/mol. The molecule has 1 saturated carbocycles. The molecule has 4 nitrogen and oxygen atoms in total. The molecule has 19 heavy (non-hydrogen) atoms. The minimum atomic E-state index is 0.234. The molecule has 0 spiro atoms. The highest BCUT2D eigenvalue weighted by molar-refractivity contribution is 5.01. The van der Waals surface area contributed by atoms with Crippen LogP contribution in [0.25, 0.3) is 0 Å². The number of nitrogens with zero attached hydrogens (tertiary/aromatic N) is 2. The summed E-state index contributed by atoms with van der Waals surface area (Å²) >= 11 is 0. The van der Waals surface area contributed by atoms with Gasteiger partial charge in [0.25, 0.3) is 0 Å². The van der Waals surface area contributed by atoms with Crippen LogP contribution in [0, 0.1) is 5.92 Å². The highest BCUT2D eigenvalue weighted by Crippen LogP contribution is 2.36. The third-order valence-electron chi connectivity index (χ3n) is 4.52. The summed E-state index contributed by atoms with van der Waals surface area (Å²) in [6, 6.07) is 0. The Kier molecular flexibility index (Phi) is 5.37. The Hall–Kier alpha value is -0.900. The zero-order valence-electron chi connectivity index (χ0n) is 12.3. The van der Waals surface area contributed by atoms with Gasteiger partial charge in [0.05, 0.1) is 5.92 Å². The van der Waals surface area contributed by atoms with E-state index in [1.165, 1.54) is 32.1 Å². The lowest BCUT2D eigenvalue weighted by Gasteiger charge is -2.25. The molecule has 1 aliphatic rings. The number of rotatable bonds is 6. The number of aromatic nitrogens is 2. The quantitative estimate of drug-likeness (QED) is 0.853. The molecule has 2 N–H and O–H groups in total. The van der Waals surface area contributed by atoms with E-state index >= 15 is 0 Å². The molecule has 0 aromatic carbocycles. The fourth-order valence-corrected chi connectivity index (χ4v) is 3.10. The number of nitrogens with two attached hydrogens (primary N) is 1. The fourth-order valence-electron chi connectivity index (χ4n) is 3.10. The Balaban J connectivity index is 1.97. The van der Waals surface area contributed by atoms with Crippen molar-refractivity contribution in [2.24, 2.45) is 11.7 Å². The van der Waals surface area contributed by atoms with Crippen LogP contribution in [-0.2, 0) is 0 Å². The standard InChI is InChI=1S/C15H27N3O/c1-3-5-13(10-16)15-17-14(18-19-15)12-8-6-11(4-2)7-9-12/h11-13H,3-10,16H2,1-2H3. The van der Waals surface area contributed by atoms with Crippen molar-refractivity contribution in [2.75, 3.05) is 6.54 Å². The van der Waals surface area contributed by atoms with Crippen molar-refractivity contribution in [1.29, 1.82) is 0 Å². The van der Waals surface area contributed by atoms with Crippen molar-refractivity contribution in [1.82, 2.24) is 10.1 Å². The van der Waals surface area contributed by atoms with Crippen molar-refractivity contribution in [3.05, 3.63) is 11.7 Å². The molecule has 0 amide bonds. The molecule has 1 fully saturated rings. The summed E-state index contributed by atoms with van der Waals surface area (Å²) in [7, 11) is 0. The van der Waals surface area contributed by atoms with Crippen molar-refractivity contribution in [3.63, 3.8) is 0 Å². The van der Waals surface area contributed by atoms with Crippen LogP contribution < -0.4 is 5.73 Å². The molecule has 1 aromatic heterocycles. The maximum Gasteiger partial charge on any atom is 0.231 e. The van der Waals surface area contributed by atoms with E-state index in [2.05, 4.69) is 24.0 Å². The number of hydrogen-bond acceptors (Lipinski definition) is 4. The van der Waals surface area contributed by atoms with E-state index in [0.717, 1.165) is 30.5 Å². The van der Waals surface area contributed by atoms with Gasteiger partial charge in [-0.1, -0.05) is 31.8 Å². The Morgan fingerprint density at radius 3 is 2.58 bits per heavy atom. The van der Waals surface area contributed by atoms with Crippen LogP contribution in [0.15, 0.2) is 4.52 Å².